The van der Waals surface area contributed by atoms with Gasteiger partial charge in [0, 0.05) is 64.0 Å². The average Bonchev–Trinajstić information content (AvgIpc) is 0.801. The Kier molecular flexibility index (Phi) is 35.3. The van der Waals surface area contributed by atoms with Crippen molar-refractivity contribution in [3.05, 3.63) is 11.0 Å². The predicted octanol–water partition coefficient (Wildman–Crippen LogP) is -11.2. The normalized spacial score (nSPS) is 39.0. The number of unbranched alkanes of at least 4 members (excludes halogenated alkanes) is 5. The summed E-state index contributed by atoms with van der Waals surface area (Å²) in [5.74, 6) is -8.09. The zero-order chi connectivity index (χ0) is 78.9. The Hall–Kier alpha value is -4.26. The van der Waals surface area contributed by atoms with E-state index in [9.17, 15) is 136 Å². The molecule has 0 spiro atoms. The summed E-state index contributed by atoms with van der Waals surface area (Å²) in [6.45, 7) is -4.91. The van der Waals surface area contributed by atoms with E-state index in [2.05, 4.69) is 10.6 Å². The van der Waals surface area contributed by atoms with Crippen molar-refractivity contribution in [3.63, 3.8) is 0 Å². The van der Waals surface area contributed by atoms with Gasteiger partial charge in [-0.1, -0.05) is 26.2 Å². The Balaban J connectivity index is 0.960. The summed E-state index contributed by atoms with van der Waals surface area (Å²) in [6, 6.07) is -3.82. The molecule has 0 aromatic rings. The van der Waals surface area contributed by atoms with Gasteiger partial charge in [-0.3, -0.25) is 33.7 Å². The van der Waals surface area contributed by atoms with Crippen molar-refractivity contribution in [1.29, 1.82) is 0 Å². The number of aliphatic hydroxyl groups is 19. The van der Waals surface area contributed by atoms with Crippen LogP contribution in [0.15, 0.2) is 11.0 Å². The van der Waals surface area contributed by atoms with E-state index in [1.54, 1.807) is 6.92 Å². The van der Waals surface area contributed by atoms with Crippen LogP contribution in [-0.4, -0.2) is 403 Å². The van der Waals surface area contributed by atoms with Gasteiger partial charge in [0.05, 0.1) is 56.7 Å². The number of hydrogen-bond acceptors (Lipinski definition) is 39. The van der Waals surface area contributed by atoms with Crippen molar-refractivity contribution in [2.24, 2.45) is 0 Å². The lowest BCUT2D eigenvalue weighted by Crippen LogP contribution is -2.71. The second-order valence-corrected chi connectivity index (χ2v) is 28.0. The quantitative estimate of drug-likeness (QED) is 0.0200. The van der Waals surface area contributed by atoms with E-state index < -0.39 is 272 Å². The van der Waals surface area contributed by atoms with Gasteiger partial charge in [0.25, 0.3) is 17.6 Å². The average molecular weight is 1570 g/mol. The van der Waals surface area contributed by atoms with Crippen molar-refractivity contribution in [2.45, 2.75) is 281 Å². The molecule has 6 saturated heterocycles. The molecule has 7 aliphatic rings. The number of hydrogen-bond donors (Lipinski definition) is 22. The zero-order valence-corrected chi connectivity index (χ0v) is 59.3. The smallest absolute Gasteiger partial charge is 0.364 e. The Morgan fingerprint density at radius 2 is 1.05 bits per heavy atom. The fourth-order valence-electron chi connectivity index (χ4n) is 13.3. The number of imide groups is 1. The van der Waals surface area contributed by atoms with Gasteiger partial charge in [-0.2, -0.15) is 0 Å². The second kappa shape index (κ2) is 42.0. The number of carboxylic acids is 1. The monoisotopic (exact) mass is 1570 g/mol. The van der Waals surface area contributed by atoms with Crippen LogP contribution in [0.3, 0.4) is 0 Å². The van der Waals surface area contributed by atoms with Crippen LogP contribution in [0.5, 0.6) is 0 Å². The molecule has 7 aliphatic heterocycles. The summed E-state index contributed by atoms with van der Waals surface area (Å²) in [7, 11) is 0. The van der Waals surface area contributed by atoms with E-state index in [0.29, 0.717) is 57.8 Å². The highest BCUT2D eigenvalue weighted by Crippen LogP contribution is 2.41. The molecule has 0 bridgehead atoms. The van der Waals surface area contributed by atoms with Gasteiger partial charge in [-0.15, -0.1) is 11.8 Å². The van der Waals surface area contributed by atoms with E-state index >= 15 is 0 Å². The van der Waals surface area contributed by atoms with Gasteiger partial charge < -0.3 is 170 Å². The number of aliphatic carboxylic acids is 1. The first-order valence-electron chi connectivity index (χ1n) is 35.2. The molecular formula is C64H103N3O39S. The molecule has 31 atom stereocenters. The van der Waals surface area contributed by atoms with E-state index in [4.69, 9.17) is 56.8 Å². The lowest BCUT2D eigenvalue weighted by Gasteiger charge is -2.51. The van der Waals surface area contributed by atoms with Gasteiger partial charge in [0.1, 0.15) is 159 Å². The maximum Gasteiger partial charge on any atom is 0.364 e. The molecule has 7 rings (SSSR count). The van der Waals surface area contributed by atoms with Crippen molar-refractivity contribution in [3.8, 4) is 0 Å². The number of thioether (sulfide) groups is 1. The molecule has 0 aliphatic carbocycles. The summed E-state index contributed by atoms with van der Waals surface area (Å²) in [6.07, 6.45) is -53.0. The Morgan fingerprint density at radius 3 is 1.61 bits per heavy atom. The van der Waals surface area contributed by atoms with Gasteiger partial charge in [0.15, 0.2) is 31.5 Å². The summed E-state index contributed by atoms with van der Waals surface area (Å²) < 4.78 is 69.5. The number of Topliss-reactive ketones (excluding diaryl/α,β-unsaturated/α-hetero) is 2. The number of nitrogens with one attached hydrogen (secondary N) is 2. The molecule has 0 aromatic heterocycles. The Labute approximate surface area is 615 Å². The summed E-state index contributed by atoms with van der Waals surface area (Å²) in [5.41, 5.74) is 0. The fourth-order valence-corrected chi connectivity index (χ4v) is 14.2. The van der Waals surface area contributed by atoms with Crippen LogP contribution in [0.25, 0.3) is 0 Å². The third kappa shape index (κ3) is 22.4. The molecule has 4 amide bonds. The minimum Gasteiger partial charge on any atom is -0.477 e. The lowest BCUT2D eigenvalue weighted by molar-refractivity contribution is -0.393. The minimum atomic E-state index is -3.31. The molecule has 0 aromatic carbocycles. The largest absolute Gasteiger partial charge is 0.477 e. The number of carbonyl (C=O) groups is 7. The number of rotatable bonds is 41. The van der Waals surface area contributed by atoms with Crippen molar-refractivity contribution in [2.75, 3.05) is 65.2 Å². The topological polar surface area (TPSA) is 662 Å². The molecule has 22 N–H and O–H groups in total. The number of ether oxygens (including phenoxy) is 12. The number of amides is 4. The van der Waals surface area contributed by atoms with E-state index in [1.165, 1.54) is 6.08 Å². The standard InChI is InChI=1S/C64H103N3O39S/c1-3-27(76)11-8-6-9-14-67-38(81)17-36(57(67)92)107-16-13-28(77)12-7-4-5-10-15-95-59-48(89)54(43(84)32(21-70)97-59)104-60-47(88)46(87)51(35(24-73)100-60)101-61-49(90)55(44(85)33(22-71)98-61)103-58-40(65-26(2)75)52(42(83)31(20-69)96-58)102-62-50(91)56(45(86)34(23-72)99-62)106-64(63(93)94)18-29(78)39(66-37(80)25-74)53(105-64)41(82)30(79)19-68/h17,29-35,39-56,58-62,68-74,78-79,82-91H,3-16,18-25H2,1-2H3,(H,65,75)(H,66,80)(H,93,94)/t29-,30-,31?,32?,33?,34?,35?,39-,40?,41-,42+,43+,44+,45+,46-,47?,48?,49?,50?,51+,52-,53?,54+,55+,56+,58+,59-,60+,61-,62+,64?/m1/s1. The number of aliphatic hydroxyl groups excluding tert-OH is 19. The maximum atomic E-state index is 13.2. The van der Waals surface area contributed by atoms with Crippen LogP contribution < -0.4 is 10.6 Å². The minimum absolute atomic E-state index is 0.0554. The highest BCUT2D eigenvalue weighted by molar-refractivity contribution is 8.04. The number of nitrogens with zero attached hydrogens (tertiary/aromatic N) is 1. The first kappa shape index (κ1) is 89.9. The molecule has 7 heterocycles. The highest BCUT2D eigenvalue weighted by atomic mass is 32.2. The molecular weight excluding hydrogens is 1470 g/mol. The predicted molar refractivity (Wildman–Crippen MR) is 348 cm³/mol. The maximum absolute atomic E-state index is 13.2. The molecule has 0 radical (unpaired) electrons. The van der Waals surface area contributed by atoms with Crippen molar-refractivity contribution in [1.82, 2.24) is 15.5 Å². The fraction of sp³-hybridized carbons (Fsp3) is 0.859. The number of carboxylic acid groups (broad SMARTS) is 1. The molecule has 107 heavy (non-hydrogen) atoms. The zero-order valence-electron chi connectivity index (χ0n) is 58.5. The third-order valence-corrected chi connectivity index (χ3v) is 20.3. The van der Waals surface area contributed by atoms with Gasteiger partial charge in [-0.05, 0) is 25.7 Å². The summed E-state index contributed by atoms with van der Waals surface area (Å²) in [4.78, 5) is 89.4. The van der Waals surface area contributed by atoms with E-state index in [1.807, 2.05) is 0 Å². The van der Waals surface area contributed by atoms with Crippen LogP contribution in [0.2, 0.25) is 0 Å². The molecule has 12 unspecified atom stereocenters. The molecule has 0 saturated carbocycles. The SMILES string of the molecule is CCC(=O)CCCCCN1C(=O)C=C(SCCC(=O)CCCCCCO[C@@H]2OC(CO)[C@H](O)[C@H](O[C@@H]3OC(CO)[C@H](O[C@H]4OC(CO)[C@H](O)[C@H](O[C@@H]5OC(CO)[C@H](O)[C@H](O[C@@H]6OC(CO)[C@H](O)[C@H](OC7(C(=O)O)C[C@@H](O)[C@@H](NC(=O)CO)C([C@H](O)[C@H](O)CO)O7)C6O)C5NC(C)=O)C4O)[C@H](O)C3O)C2O)C1=O. The number of carbonyl (C=O) groups excluding carboxylic acids is 6. The molecule has 6 fully saturated rings. The summed E-state index contributed by atoms with van der Waals surface area (Å²) >= 11 is 1.13. The van der Waals surface area contributed by atoms with Gasteiger partial charge in [-0.25, -0.2) is 4.79 Å². The van der Waals surface area contributed by atoms with Crippen LogP contribution >= 0.6 is 11.8 Å². The Morgan fingerprint density at radius 1 is 0.561 bits per heavy atom. The molecule has 614 valence electrons. The number of ketones is 2. The van der Waals surface area contributed by atoms with Gasteiger partial charge in [0.2, 0.25) is 11.8 Å². The van der Waals surface area contributed by atoms with Gasteiger partial charge >= 0.3 is 5.97 Å². The van der Waals surface area contributed by atoms with E-state index in [-0.39, 0.29) is 48.2 Å². The van der Waals surface area contributed by atoms with Crippen LogP contribution in [0.4, 0.5) is 0 Å². The molecule has 43 heteroatoms. The van der Waals surface area contributed by atoms with Crippen molar-refractivity contribution >= 4 is 52.9 Å². The summed E-state index contributed by atoms with van der Waals surface area (Å²) in [5, 5.41) is 223. The highest BCUT2D eigenvalue weighted by Gasteiger charge is 2.62. The Bertz CT molecular complexity index is 2900. The van der Waals surface area contributed by atoms with Crippen LogP contribution in [0.1, 0.15) is 90.9 Å². The first-order valence-corrected chi connectivity index (χ1v) is 36.2. The van der Waals surface area contributed by atoms with Crippen LogP contribution in [-0.2, 0) is 90.4 Å². The van der Waals surface area contributed by atoms with Crippen LogP contribution in [0, 0.1) is 0 Å². The van der Waals surface area contributed by atoms with Crippen molar-refractivity contribution < 1.29 is 193 Å². The third-order valence-electron chi connectivity index (χ3n) is 19.3. The first-order chi connectivity index (χ1) is 50.9. The lowest BCUT2D eigenvalue weighted by atomic mass is 9.88. The second-order valence-electron chi connectivity index (χ2n) is 26.8. The molecule has 42 nitrogen and oxygen atoms in total. The van der Waals surface area contributed by atoms with E-state index in [0.717, 1.165) is 23.6 Å².